The molecule has 0 saturated carbocycles. The Kier molecular flexibility index (Phi) is 7.31. The molecule has 4 atom stereocenters. The highest BCUT2D eigenvalue weighted by Gasteiger charge is 2.56. The first-order valence-corrected chi connectivity index (χ1v) is 13.0. The van der Waals surface area contributed by atoms with Crippen LogP contribution >= 0.6 is 27.3 Å². The van der Waals surface area contributed by atoms with Gasteiger partial charge in [-0.2, -0.15) is 0 Å². The van der Waals surface area contributed by atoms with Crippen molar-refractivity contribution in [3.8, 4) is 0 Å². The smallest absolute Gasteiger partial charge is 0.407 e. The Balaban J connectivity index is 1.32. The molecular formula is C22H25BrN6O7S. The van der Waals surface area contributed by atoms with Crippen molar-refractivity contribution in [2.24, 2.45) is 0 Å². The Labute approximate surface area is 223 Å². The molecule has 0 radical (unpaired) electrons. The van der Waals surface area contributed by atoms with Gasteiger partial charge in [-0.3, -0.25) is 9.36 Å². The minimum Gasteiger partial charge on any atom is -0.468 e. The molecule has 5 rings (SSSR count). The van der Waals surface area contributed by atoms with E-state index in [1.54, 1.807) is 22.2 Å². The number of imidazole rings is 1. The number of carbonyl (C=O) groups excluding carboxylic acids is 2. The number of nitrogens with zero attached hydrogens (tertiary/aromatic N) is 4. The molecule has 0 aliphatic carbocycles. The van der Waals surface area contributed by atoms with E-state index in [0.29, 0.717) is 23.5 Å². The SMILES string of the molecule is COC(=O)CNC(=O)OC[C@H]1O[C@@H](n2cnc3c(NCc4ccc(Br)s4)ncnc32)C2OC(C)(C)OC21. The van der Waals surface area contributed by atoms with Crippen LogP contribution in [0.2, 0.25) is 0 Å². The third kappa shape index (κ3) is 5.55. The van der Waals surface area contributed by atoms with Crippen LogP contribution in [0, 0.1) is 0 Å². The predicted molar refractivity (Wildman–Crippen MR) is 134 cm³/mol. The molecule has 37 heavy (non-hydrogen) atoms. The van der Waals surface area contributed by atoms with Crippen molar-refractivity contribution >= 4 is 56.3 Å². The lowest BCUT2D eigenvalue weighted by Crippen LogP contribution is -2.37. The first kappa shape index (κ1) is 25.8. The van der Waals surface area contributed by atoms with Crippen LogP contribution < -0.4 is 10.6 Å². The first-order chi connectivity index (χ1) is 17.7. The topological polar surface area (TPSA) is 148 Å². The number of ether oxygens (including phenoxy) is 5. The van der Waals surface area contributed by atoms with Crippen molar-refractivity contribution in [1.82, 2.24) is 24.8 Å². The summed E-state index contributed by atoms with van der Waals surface area (Å²) >= 11 is 5.11. The van der Waals surface area contributed by atoms with Crippen LogP contribution in [0.1, 0.15) is 25.0 Å². The molecule has 3 aromatic rings. The van der Waals surface area contributed by atoms with Gasteiger partial charge < -0.3 is 34.3 Å². The number of rotatable bonds is 8. The summed E-state index contributed by atoms with van der Waals surface area (Å²) in [6, 6.07) is 4.02. The summed E-state index contributed by atoms with van der Waals surface area (Å²) < 4.78 is 31.0. The maximum Gasteiger partial charge on any atom is 0.407 e. The van der Waals surface area contributed by atoms with Gasteiger partial charge in [0, 0.05) is 4.88 Å². The number of anilines is 1. The molecule has 5 heterocycles. The first-order valence-electron chi connectivity index (χ1n) is 11.4. The summed E-state index contributed by atoms with van der Waals surface area (Å²) in [4.78, 5) is 37.7. The number of esters is 1. The maximum absolute atomic E-state index is 12.0. The van der Waals surface area contributed by atoms with E-state index in [4.69, 9.17) is 18.9 Å². The van der Waals surface area contributed by atoms with Gasteiger partial charge in [-0.15, -0.1) is 11.3 Å². The summed E-state index contributed by atoms with van der Waals surface area (Å²) in [7, 11) is 1.23. The number of alkyl carbamates (subject to hydrolysis) is 1. The zero-order chi connectivity index (χ0) is 26.2. The summed E-state index contributed by atoms with van der Waals surface area (Å²) in [5, 5.41) is 5.64. The molecule has 13 nitrogen and oxygen atoms in total. The standard InChI is InChI=1S/C22H25BrN6O7S/c1-22(2)35-16-12(8-33-21(31)25-7-14(30)32-3)34-20(17(16)36-22)29-10-28-15-18(26-9-27-19(15)29)24-6-11-4-5-13(23)37-11/h4-5,9-10,12,16-17,20H,6-8H2,1-3H3,(H,25,31)(H,24,26,27)/t12-,16?,17?,20-/m1/s1. The van der Waals surface area contributed by atoms with Gasteiger partial charge in [-0.1, -0.05) is 0 Å². The third-order valence-corrected chi connectivity index (χ3v) is 7.42. The van der Waals surface area contributed by atoms with Crippen LogP contribution in [0.4, 0.5) is 10.6 Å². The lowest BCUT2D eigenvalue weighted by Gasteiger charge is -2.24. The lowest BCUT2D eigenvalue weighted by molar-refractivity contribution is -0.199. The third-order valence-electron chi connectivity index (χ3n) is 5.80. The van der Waals surface area contributed by atoms with Crippen LogP contribution in [0.3, 0.4) is 0 Å². The molecule has 2 aliphatic rings. The van der Waals surface area contributed by atoms with Crippen molar-refractivity contribution in [3.05, 3.63) is 33.5 Å². The molecule has 2 aliphatic heterocycles. The molecule has 0 spiro atoms. The number of aromatic nitrogens is 4. The maximum atomic E-state index is 12.0. The van der Waals surface area contributed by atoms with E-state index >= 15 is 0 Å². The monoisotopic (exact) mass is 596 g/mol. The average molecular weight is 597 g/mol. The number of hydrogen-bond acceptors (Lipinski definition) is 12. The molecule has 198 valence electrons. The van der Waals surface area contributed by atoms with E-state index in [-0.39, 0.29) is 13.2 Å². The van der Waals surface area contributed by atoms with Gasteiger partial charge in [-0.05, 0) is 41.9 Å². The van der Waals surface area contributed by atoms with Gasteiger partial charge >= 0.3 is 12.1 Å². The average Bonchev–Trinajstić information content (AvgIpc) is 3.63. The quantitative estimate of drug-likeness (QED) is 0.369. The zero-order valence-corrected chi connectivity index (χ0v) is 22.6. The fourth-order valence-electron chi connectivity index (χ4n) is 4.23. The van der Waals surface area contributed by atoms with Gasteiger partial charge in [0.1, 0.15) is 37.8 Å². The molecule has 0 aromatic carbocycles. The van der Waals surface area contributed by atoms with Crippen molar-refractivity contribution in [1.29, 1.82) is 0 Å². The van der Waals surface area contributed by atoms with Crippen LogP contribution in [0.5, 0.6) is 0 Å². The Bertz CT molecular complexity index is 1300. The number of amides is 1. The van der Waals surface area contributed by atoms with E-state index in [1.807, 2.05) is 26.0 Å². The Hall–Kier alpha value is -2.85. The van der Waals surface area contributed by atoms with Crippen molar-refractivity contribution in [2.45, 2.75) is 50.7 Å². The number of thiophene rings is 1. The van der Waals surface area contributed by atoms with E-state index in [2.05, 4.69) is 46.3 Å². The van der Waals surface area contributed by atoms with Gasteiger partial charge in [0.15, 0.2) is 29.0 Å². The summed E-state index contributed by atoms with van der Waals surface area (Å²) in [6.45, 7) is 3.78. The van der Waals surface area contributed by atoms with Crippen molar-refractivity contribution < 1.29 is 33.3 Å². The highest BCUT2D eigenvalue weighted by Crippen LogP contribution is 2.44. The molecule has 2 N–H and O–H groups in total. The Morgan fingerprint density at radius 3 is 2.78 bits per heavy atom. The van der Waals surface area contributed by atoms with E-state index in [9.17, 15) is 9.59 Å². The molecular weight excluding hydrogens is 572 g/mol. The number of halogens is 1. The van der Waals surface area contributed by atoms with E-state index < -0.39 is 42.4 Å². The lowest BCUT2D eigenvalue weighted by atomic mass is 10.1. The zero-order valence-electron chi connectivity index (χ0n) is 20.2. The summed E-state index contributed by atoms with van der Waals surface area (Å²) in [5.41, 5.74) is 1.14. The minimum absolute atomic E-state index is 0.116. The van der Waals surface area contributed by atoms with Crippen LogP contribution in [-0.2, 0) is 35.0 Å². The number of methoxy groups -OCH3 is 1. The van der Waals surface area contributed by atoms with Crippen LogP contribution in [-0.4, -0.2) is 75.9 Å². The van der Waals surface area contributed by atoms with Crippen molar-refractivity contribution in [2.75, 3.05) is 25.6 Å². The van der Waals surface area contributed by atoms with Crippen LogP contribution in [0.15, 0.2) is 28.6 Å². The largest absolute Gasteiger partial charge is 0.468 e. The summed E-state index contributed by atoms with van der Waals surface area (Å²) in [6.07, 6.45) is 0.0175. The highest BCUT2D eigenvalue weighted by molar-refractivity contribution is 9.11. The normalized spacial score (nSPS) is 24.1. The molecule has 0 bridgehead atoms. The predicted octanol–water partition coefficient (Wildman–Crippen LogP) is 2.58. The second kappa shape index (κ2) is 10.5. The van der Waals surface area contributed by atoms with Crippen LogP contribution in [0.25, 0.3) is 11.2 Å². The van der Waals surface area contributed by atoms with E-state index in [0.717, 1.165) is 8.66 Å². The van der Waals surface area contributed by atoms with Crippen molar-refractivity contribution in [3.63, 3.8) is 0 Å². The number of nitrogens with one attached hydrogen (secondary N) is 2. The second-order valence-corrected chi connectivity index (χ2v) is 11.3. The Morgan fingerprint density at radius 1 is 1.22 bits per heavy atom. The van der Waals surface area contributed by atoms with Gasteiger partial charge in [0.25, 0.3) is 0 Å². The number of hydrogen-bond donors (Lipinski definition) is 2. The number of fused-ring (bicyclic) bond motifs is 2. The Morgan fingerprint density at radius 2 is 2.03 bits per heavy atom. The fraction of sp³-hybridized carbons (Fsp3) is 0.500. The second-order valence-electron chi connectivity index (χ2n) is 8.76. The molecule has 2 saturated heterocycles. The van der Waals surface area contributed by atoms with Gasteiger partial charge in [0.2, 0.25) is 0 Å². The minimum atomic E-state index is -0.865. The van der Waals surface area contributed by atoms with E-state index in [1.165, 1.54) is 13.4 Å². The number of carbonyl (C=O) groups is 2. The fourth-order valence-corrected chi connectivity index (χ4v) is 5.65. The van der Waals surface area contributed by atoms with Gasteiger partial charge in [0.05, 0.1) is 23.8 Å². The molecule has 2 unspecified atom stereocenters. The molecule has 15 heteroatoms. The highest BCUT2D eigenvalue weighted by atomic mass is 79.9. The molecule has 2 fully saturated rings. The summed E-state index contributed by atoms with van der Waals surface area (Å²) in [5.74, 6) is -0.862. The van der Waals surface area contributed by atoms with Gasteiger partial charge in [-0.25, -0.2) is 19.7 Å². The molecule has 3 aromatic heterocycles. The molecule has 1 amide bonds.